The Hall–Kier alpha value is 0.860. The zero-order valence-corrected chi connectivity index (χ0v) is 36.6. The van der Waals surface area contributed by atoms with Gasteiger partial charge in [-0.05, 0) is 75.5 Å². The van der Waals surface area contributed by atoms with Gasteiger partial charge < -0.3 is 0 Å². The van der Waals surface area contributed by atoms with Gasteiger partial charge in [0.15, 0.2) is 0 Å². The summed E-state index contributed by atoms with van der Waals surface area (Å²) in [6.07, 6.45) is 73.5. The number of fused-ring (bicyclic) bond motifs is 45. The summed E-state index contributed by atoms with van der Waals surface area (Å²) in [6, 6.07) is 0. The van der Waals surface area contributed by atoms with Gasteiger partial charge in [-0.3, -0.25) is 0 Å². The van der Waals surface area contributed by atoms with E-state index in [0.717, 1.165) is 0 Å². The van der Waals surface area contributed by atoms with Crippen molar-refractivity contribution >= 4 is 15.8 Å². The molecule has 0 aliphatic carbocycles. The van der Waals surface area contributed by atoms with Crippen molar-refractivity contribution in [2.45, 2.75) is 270 Å². The molecule has 3 aliphatic rings. The average molecular weight is 735 g/mol. The van der Waals surface area contributed by atoms with Crippen LogP contribution in [0.1, 0.15) is 270 Å². The lowest BCUT2D eigenvalue weighted by atomic mass is 10.0. The molecule has 3 fully saturated rings. The number of rotatable bonds is 0. The van der Waals surface area contributed by atoms with E-state index in [9.17, 15) is 0 Å². The molecule has 0 radical (unpaired) electrons. The highest BCUT2D eigenvalue weighted by Gasteiger charge is 2.10. The van der Waals surface area contributed by atoms with E-state index in [-0.39, 0.29) is 0 Å². The zero-order valence-electron chi connectivity index (χ0n) is 34.8. The largest absolute Gasteiger partial charge is 0.107 e. The van der Waals surface area contributed by atoms with Gasteiger partial charge in [-0.2, -0.15) is 0 Å². The Morgan fingerprint density at radius 2 is 0.180 bits per heavy atom. The van der Waals surface area contributed by atoms with Crippen molar-refractivity contribution in [2.24, 2.45) is 0 Å². The predicted octanol–water partition coefficient (Wildman–Crippen LogP) is 18.4. The topological polar surface area (TPSA) is 0 Å². The third-order valence-corrected chi connectivity index (χ3v) is 18.3. The smallest absolute Gasteiger partial charge is 0.0326 e. The van der Waals surface area contributed by atoms with E-state index in [0.29, 0.717) is 15.8 Å². The van der Waals surface area contributed by atoms with Crippen LogP contribution in [0.25, 0.3) is 0 Å². The molecule has 0 aromatic heterocycles. The Bertz CT molecular complexity index is 494. The predicted molar refractivity (Wildman–Crippen MR) is 237 cm³/mol. The van der Waals surface area contributed by atoms with Crippen LogP contribution < -0.4 is 0 Å². The van der Waals surface area contributed by atoms with Gasteiger partial charge in [0.05, 0.1) is 0 Å². The summed E-state index contributed by atoms with van der Waals surface area (Å²) >= 11 is 0. The van der Waals surface area contributed by atoms with E-state index >= 15 is 0 Å². The Kier molecular flexibility index (Phi) is 37.2. The van der Waals surface area contributed by atoms with Crippen LogP contribution in [0.15, 0.2) is 0 Å². The van der Waals surface area contributed by atoms with Crippen LogP contribution in [0.5, 0.6) is 0 Å². The molecular weight excluding hydrogens is 638 g/mol. The molecule has 0 saturated carbocycles. The first-order chi connectivity index (χ1) is 24.9. The van der Waals surface area contributed by atoms with Crippen molar-refractivity contribution in [1.82, 2.24) is 0 Å². The molecule has 298 valence electrons. The third-order valence-electron chi connectivity index (χ3n) is 12.6. The maximum absolute atomic E-state index is 1.61. The lowest BCUT2D eigenvalue weighted by molar-refractivity contribution is 0.536. The molecule has 2 bridgehead atoms. The van der Waals surface area contributed by atoms with Gasteiger partial charge in [0.25, 0.3) is 0 Å². The highest BCUT2D eigenvalue weighted by molar-refractivity contribution is 7.57. The molecule has 0 N–H and O–H groups in total. The monoisotopic (exact) mass is 735 g/mol. The van der Waals surface area contributed by atoms with Gasteiger partial charge >= 0.3 is 0 Å². The normalized spacial score (nSPS) is 27.4. The van der Waals surface area contributed by atoms with E-state index in [1.165, 1.54) is 231 Å². The molecule has 3 aliphatic heterocycles. The van der Waals surface area contributed by atoms with Crippen molar-refractivity contribution in [3.8, 4) is 0 Å². The van der Waals surface area contributed by atoms with Gasteiger partial charge in [-0.1, -0.05) is 231 Å². The van der Waals surface area contributed by atoms with E-state index in [4.69, 9.17) is 0 Å². The third kappa shape index (κ3) is 33.4. The summed E-state index contributed by atoms with van der Waals surface area (Å²) in [5, 5.41) is 0. The summed E-state index contributed by atoms with van der Waals surface area (Å²) in [5.41, 5.74) is 0. The molecule has 0 atom stereocenters. The summed E-state index contributed by atoms with van der Waals surface area (Å²) in [6.45, 7) is 0. The van der Waals surface area contributed by atoms with E-state index in [1.54, 1.807) is 75.5 Å². The molecule has 0 aromatic carbocycles. The first-order valence-electron chi connectivity index (χ1n) is 24.4. The van der Waals surface area contributed by atoms with Crippen LogP contribution >= 0.6 is 15.8 Å². The van der Waals surface area contributed by atoms with Gasteiger partial charge in [-0.25, -0.2) is 0 Å². The van der Waals surface area contributed by atoms with Gasteiger partial charge in [0.2, 0.25) is 0 Å². The minimum atomic E-state index is 0.323. The highest BCUT2D eigenvalue weighted by Crippen LogP contribution is 2.40. The van der Waals surface area contributed by atoms with Crippen LogP contribution in [0.2, 0.25) is 0 Å². The van der Waals surface area contributed by atoms with Crippen LogP contribution in [-0.4, -0.2) is 37.0 Å². The fourth-order valence-electron chi connectivity index (χ4n) is 9.05. The zero-order chi connectivity index (χ0) is 35.1. The summed E-state index contributed by atoms with van der Waals surface area (Å²) in [4.78, 5) is 0. The minimum Gasteiger partial charge on any atom is -0.107 e. The lowest BCUT2D eigenvalue weighted by Gasteiger charge is -2.18. The standard InChI is InChI=1S/C48H96P2/c1-2-8-14-20-26-32-38-44-50-47-41-35-29-23-17-11-5-3-9-15-21-27-33-39-45-49(43-37-31-25-19-13-7-1)46-40-34-28-22-16-10-4-6-12-18-24-30-36-42-48-50/h1-48H2. The first kappa shape index (κ1) is 47.0. The number of hydrogen-bond acceptors (Lipinski definition) is 0. The molecule has 3 heterocycles. The second kappa shape index (κ2) is 39.6. The van der Waals surface area contributed by atoms with Gasteiger partial charge in [0.1, 0.15) is 0 Å². The van der Waals surface area contributed by atoms with E-state index in [1.807, 2.05) is 0 Å². The second-order valence-electron chi connectivity index (χ2n) is 17.5. The quantitative estimate of drug-likeness (QED) is 0.217. The fraction of sp³-hybridized carbons (Fsp3) is 1.00. The maximum Gasteiger partial charge on any atom is -0.0326 e. The van der Waals surface area contributed by atoms with E-state index in [2.05, 4.69) is 0 Å². The molecule has 3 rings (SSSR count). The summed E-state index contributed by atoms with van der Waals surface area (Å²) < 4.78 is 0. The lowest BCUT2D eigenvalue weighted by Crippen LogP contribution is -1.97. The van der Waals surface area contributed by atoms with Crippen molar-refractivity contribution in [3.63, 3.8) is 0 Å². The Labute approximate surface area is 321 Å². The Balaban J connectivity index is 1.84. The summed E-state index contributed by atoms with van der Waals surface area (Å²) in [7, 11) is 0.646. The average Bonchev–Trinajstić information content (AvgIpc) is 3.12. The van der Waals surface area contributed by atoms with E-state index < -0.39 is 0 Å². The molecule has 3 saturated heterocycles. The SMILES string of the molecule is C1CCCCCCCCP2CCCCCCCCCCCCCCCCP(CCCCCCC1)CCCCCCCCCCCCCCCC2. The summed E-state index contributed by atoms with van der Waals surface area (Å²) in [5.74, 6) is 0. The minimum absolute atomic E-state index is 0.323. The molecule has 0 unspecified atom stereocenters. The fourth-order valence-corrected chi connectivity index (χ4v) is 14.4. The first-order valence-corrected chi connectivity index (χ1v) is 28.2. The van der Waals surface area contributed by atoms with Crippen molar-refractivity contribution in [3.05, 3.63) is 0 Å². The van der Waals surface area contributed by atoms with Gasteiger partial charge in [-0.15, -0.1) is 15.8 Å². The highest BCUT2D eigenvalue weighted by atomic mass is 31.1. The van der Waals surface area contributed by atoms with Crippen molar-refractivity contribution in [1.29, 1.82) is 0 Å². The van der Waals surface area contributed by atoms with Crippen molar-refractivity contribution in [2.75, 3.05) is 37.0 Å². The Morgan fingerprint density at radius 1 is 0.100 bits per heavy atom. The van der Waals surface area contributed by atoms with Crippen LogP contribution in [0.3, 0.4) is 0 Å². The molecule has 50 heavy (non-hydrogen) atoms. The molecular formula is C48H96P2. The molecule has 2 heteroatoms. The molecule has 0 amide bonds. The van der Waals surface area contributed by atoms with Crippen LogP contribution in [0.4, 0.5) is 0 Å². The molecule has 0 aromatic rings. The second-order valence-corrected chi connectivity index (χ2v) is 22.9. The maximum atomic E-state index is 1.61. The number of hydrogen-bond donors (Lipinski definition) is 0. The Morgan fingerprint density at radius 3 is 0.280 bits per heavy atom. The van der Waals surface area contributed by atoms with Crippen LogP contribution in [0, 0.1) is 0 Å². The molecule has 0 nitrogen and oxygen atoms in total. The van der Waals surface area contributed by atoms with Crippen LogP contribution in [-0.2, 0) is 0 Å². The molecule has 0 spiro atoms. The van der Waals surface area contributed by atoms with Crippen molar-refractivity contribution < 1.29 is 0 Å². The van der Waals surface area contributed by atoms with Gasteiger partial charge in [0, 0.05) is 0 Å².